The molecule has 1 saturated heterocycles. The first-order chi connectivity index (χ1) is 10.3. The monoisotopic (exact) mass is 301 g/mol. The molecule has 2 unspecified atom stereocenters. The zero-order chi connectivity index (χ0) is 14.5. The molecule has 1 N–H and O–H groups in total. The molecule has 1 aromatic carbocycles. The van der Waals surface area contributed by atoms with Crippen molar-refractivity contribution in [2.24, 2.45) is 0 Å². The van der Waals surface area contributed by atoms with Gasteiger partial charge in [0.05, 0.1) is 6.04 Å². The topological polar surface area (TPSA) is 28.2 Å². The molecule has 0 radical (unpaired) electrons. The van der Waals surface area contributed by atoms with Crippen LogP contribution in [0, 0.1) is 0 Å². The van der Waals surface area contributed by atoms with Gasteiger partial charge >= 0.3 is 0 Å². The summed E-state index contributed by atoms with van der Waals surface area (Å²) < 4.78 is 0. The molecule has 0 saturated carbocycles. The maximum Gasteiger partial charge on any atom is 0.109 e. The zero-order valence-electron chi connectivity index (χ0n) is 12.5. The van der Waals surface area contributed by atoms with Crippen molar-refractivity contribution in [2.75, 3.05) is 19.6 Å². The molecule has 4 heteroatoms. The van der Waals surface area contributed by atoms with Crippen molar-refractivity contribution in [1.82, 2.24) is 15.2 Å². The van der Waals surface area contributed by atoms with Crippen molar-refractivity contribution in [3.63, 3.8) is 0 Å². The van der Waals surface area contributed by atoms with E-state index in [1.54, 1.807) is 11.3 Å². The molecule has 112 valence electrons. The van der Waals surface area contributed by atoms with E-state index in [0.717, 1.165) is 26.1 Å². The normalized spacial score (nSPS) is 21.9. The highest BCUT2D eigenvalue weighted by Gasteiger charge is 2.23. The highest BCUT2D eigenvalue weighted by atomic mass is 32.1. The largest absolute Gasteiger partial charge is 0.312 e. The number of hydrogen-bond acceptors (Lipinski definition) is 4. The summed E-state index contributed by atoms with van der Waals surface area (Å²) in [6, 6.07) is 11.7. The Kier molecular flexibility index (Phi) is 5.01. The van der Waals surface area contributed by atoms with Crippen molar-refractivity contribution in [1.29, 1.82) is 0 Å². The van der Waals surface area contributed by atoms with E-state index in [1.807, 2.05) is 6.20 Å². The van der Waals surface area contributed by atoms with Crippen LogP contribution in [0.3, 0.4) is 0 Å². The Hall–Kier alpha value is -1.23. The number of hydrogen-bond donors (Lipinski definition) is 1. The zero-order valence-corrected chi connectivity index (χ0v) is 13.4. The van der Waals surface area contributed by atoms with E-state index in [2.05, 4.69) is 57.8 Å². The van der Waals surface area contributed by atoms with Crippen molar-refractivity contribution >= 4 is 11.3 Å². The molecule has 0 aliphatic carbocycles. The fourth-order valence-corrected chi connectivity index (χ4v) is 3.74. The highest BCUT2D eigenvalue weighted by Crippen LogP contribution is 2.23. The van der Waals surface area contributed by atoms with Crippen LogP contribution in [0.5, 0.6) is 0 Å². The summed E-state index contributed by atoms with van der Waals surface area (Å²) in [5.74, 6) is 0. The number of nitrogens with one attached hydrogen (secondary N) is 1. The van der Waals surface area contributed by atoms with Gasteiger partial charge in [-0.25, -0.2) is 4.98 Å². The Balaban J connectivity index is 1.66. The van der Waals surface area contributed by atoms with E-state index in [1.165, 1.54) is 17.0 Å². The minimum Gasteiger partial charge on any atom is -0.312 e. The third kappa shape index (κ3) is 3.90. The summed E-state index contributed by atoms with van der Waals surface area (Å²) in [5.41, 5.74) is 1.42. The molecule has 0 bridgehead atoms. The summed E-state index contributed by atoms with van der Waals surface area (Å²) in [4.78, 5) is 7.06. The predicted octanol–water partition coefficient (Wildman–Crippen LogP) is 3.11. The molecule has 1 aromatic heterocycles. The Morgan fingerprint density at radius 3 is 3.00 bits per heavy atom. The molecular weight excluding hydrogens is 278 g/mol. The summed E-state index contributed by atoms with van der Waals surface area (Å²) in [6.45, 7) is 5.64. The minimum atomic E-state index is 0.420. The summed E-state index contributed by atoms with van der Waals surface area (Å²) in [6.07, 6.45) is 4.22. The Morgan fingerprint density at radius 2 is 2.24 bits per heavy atom. The van der Waals surface area contributed by atoms with Gasteiger partial charge < -0.3 is 5.32 Å². The van der Waals surface area contributed by atoms with Crippen LogP contribution in [0.15, 0.2) is 41.9 Å². The Labute approximate surface area is 131 Å². The Morgan fingerprint density at radius 1 is 1.38 bits per heavy atom. The van der Waals surface area contributed by atoms with Gasteiger partial charge in [-0.3, -0.25) is 4.90 Å². The molecule has 3 nitrogen and oxygen atoms in total. The molecule has 1 fully saturated rings. The van der Waals surface area contributed by atoms with E-state index in [9.17, 15) is 0 Å². The van der Waals surface area contributed by atoms with Crippen LogP contribution in [0.2, 0.25) is 0 Å². The van der Waals surface area contributed by atoms with E-state index in [-0.39, 0.29) is 0 Å². The lowest BCUT2D eigenvalue weighted by Gasteiger charge is -2.29. The average Bonchev–Trinajstić information content (AvgIpc) is 2.95. The van der Waals surface area contributed by atoms with Gasteiger partial charge in [-0.05, 0) is 31.9 Å². The predicted molar refractivity (Wildman–Crippen MR) is 88.7 cm³/mol. The lowest BCUT2D eigenvalue weighted by atomic mass is 10.1. The first kappa shape index (κ1) is 14.7. The number of thiazole rings is 1. The molecule has 21 heavy (non-hydrogen) atoms. The average molecular weight is 301 g/mol. The van der Waals surface area contributed by atoms with Crippen LogP contribution >= 0.6 is 11.3 Å². The van der Waals surface area contributed by atoms with Crippen LogP contribution in [-0.2, 0) is 6.42 Å². The van der Waals surface area contributed by atoms with Crippen molar-refractivity contribution in [3.8, 4) is 0 Å². The SMILES string of the molecule is CC(c1nccs1)N1CCCNC(Cc2ccccc2)C1. The quantitative estimate of drug-likeness (QED) is 0.940. The van der Waals surface area contributed by atoms with E-state index < -0.39 is 0 Å². The molecule has 2 atom stereocenters. The molecule has 3 rings (SSSR count). The molecule has 1 aliphatic heterocycles. The first-order valence-corrected chi connectivity index (χ1v) is 8.61. The smallest absolute Gasteiger partial charge is 0.109 e. The van der Waals surface area contributed by atoms with Gasteiger partial charge in [0.1, 0.15) is 5.01 Å². The van der Waals surface area contributed by atoms with Gasteiger partial charge in [-0.1, -0.05) is 30.3 Å². The first-order valence-electron chi connectivity index (χ1n) is 7.73. The third-order valence-electron chi connectivity index (χ3n) is 4.19. The van der Waals surface area contributed by atoms with Crippen LogP contribution in [0.4, 0.5) is 0 Å². The molecule has 0 spiro atoms. The van der Waals surface area contributed by atoms with E-state index in [4.69, 9.17) is 0 Å². The van der Waals surface area contributed by atoms with E-state index >= 15 is 0 Å². The fourth-order valence-electron chi connectivity index (χ4n) is 3.01. The van der Waals surface area contributed by atoms with Crippen LogP contribution in [0.1, 0.15) is 30.0 Å². The number of nitrogens with zero attached hydrogens (tertiary/aromatic N) is 2. The van der Waals surface area contributed by atoms with Crippen molar-refractivity contribution in [3.05, 3.63) is 52.5 Å². The summed E-state index contributed by atoms with van der Waals surface area (Å²) in [5, 5.41) is 7.01. The molecule has 2 aromatic rings. The third-order valence-corrected chi connectivity index (χ3v) is 5.14. The van der Waals surface area contributed by atoms with Crippen LogP contribution < -0.4 is 5.32 Å². The number of rotatable bonds is 4. The van der Waals surface area contributed by atoms with Gasteiger partial charge in [-0.15, -0.1) is 11.3 Å². The minimum absolute atomic E-state index is 0.420. The maximum atomic E-state index is 4.49. The second-order valence-corrected chi connectivity index (χ2v) is 6.66. The molecule has 1 aliphatic rings. The van der Waals surface area contributed by atoms with Crippen molar-refractivity contribution in [2.45, 2.75) is 31.8 Å². The second-order valence-electron chi connectivity index (χ2n) is 5.74. The Bertz CT molecular complexity index is 526. The van der Waals surface area contributed by atoms with E-state index in [0.29, 0.717) is 12.1 Å². The molecule has 0 amide bonds. The van der Waals surface area contributed by atoms with Crippen LogP contribution in [-0.4, -0.2) is 35.6 Å². The number of aromatic nitrogens is 1. The van der Waals surface area contributed by atoms with Gasteiger partial charge in [0.25, 0.3) is 0 Å². The highest BCUT2D eigenvalue weighted by molar-refractivity contribution is 7.09. The van der Waals surface area contributed by atoms with Gasteiger partial charge in [0.15, 0.2) is 0 Å². The fraction of sp³-hybridized carbons (Fsp3) is 0.471. The standard InChI is InChI=1S/C17H23N3S/c1-14(17-19-9-11-21-17)20-10-5-8-18-16(13-20)12-15-6-3-2-4-7-15/h2-4,6-7,9,11,14,16,18H,5,8,10,12-13H2,1H3. The second kappa shape index (κ2) is 7.16. The molecule has 2 heterocycles. The van der Waals surface area contributed by atoms with Gasteiger partial charge in [-0.2, -0.15) is 0 Å². The number of benzene rings is 1. The lowest BCUT2D eigenvalue weighted by molar-refractivity contribution is 0.206. The van der Waals surface area contributed by atoms with Gasteiger partial charge in [0.2, 0.25) is 0 Å². The maximum absolute atomic E-state index is 4.49. The lowest BCUT2D eigenvalue weighted by Crippen LogP contribution is -2.40. The van der Waals surface area contributed by atoms with Crippen LogP contribution in [0.25, 0.3) is 0 Å². The molecular formula is C17H23N3S. The summed E-state index contributed by atoms with van der Waals surface area (Å²) >= 11 is 1.76. The van der Waals surface area contributed by atoms with Gasteiger partial charge in [0, 0.05) is 30.7 Å². The summed E-state index contributed by atoms with van der Waals surface area (Å²) in [7, 11) is 0. The van der Waals surface area contributed by atoms with Crippen molar-refractivity contribution < 1.29 is 0 Å².